The Bertz CT molecular complexity index is 1220. The Hall–Kier alpha value is -4.33. The molecule has 0 saturated carbocycles. The molecule has 0 aliphatic carbocycles. The minimum Gasteiger partial charge on any atom is -0.497 e. The van der Waals surface area contributed by atoms with Gasteiger partial charge in [0.1, 0.15) is 11.5 Å². The molecular weight excluding hydrogens is 470 g/mol. The van der Waals surface area contributed by atoms with Gasteiger partial charge in [-0.05, 0) is 66.1 Å². The third kappa shape index (κ3) is 6.88. The summed E-state index contributed by atoms with van der Waals surface area (Å²) in [5, 5.41) is 5.72. The van der Waals surface area contributed by atoms with Gasteiger partial charge in [0.15, 0.2) is 6.61 Å². The fourth-order valence-corrected chi connectivity index (χ4v) is 4.10. The number of amides is 3. The first-order valence-corrected chi connectivity index (χ1v) is 12.3. The van der Waals surface area contributed by atoms with Crippen molar-refractivity contribution in [3.8, 4) is 11.5 Å². The molecule has 4 rings (SSSR count). The van der Waals surface area contributed by atoms with Gasteiger partial charge in [-0.3, -0.25) is 14.4 Å². The zero-order chi connectivity index (χ0) is 26.2. The molecule has 0 radical (unpaired) electrons. The minimum atomic E-state index is -0.420. The van der Waals surface area contributed by atoms with Crippen LogP contribution in [0.1, 0.15) is 24.5 Å². The van der Waals surface area contributed by atoms with Crippen molar-refractivity contribution in [2.75, 3.05) is 30.5 Å². The van der Waals surface area contributed by atoms with E-state index in [1.54, 1.807) is 36.3 Å². The highest BCUT2D eigenvalue weighted by Crippen LogP contribution is 2.27. The molecule has 2 N–H and O–H groups in total. The molecule has 1 aliphatic heterocycles. The predicted molar refractivity (Wildman–Crippen MR) is 142 cm³/mol. The summed E-state index contributed by atoms with van der Waals surface area (Å²) < 4.78 is 10.7. The summed E-state index contributed by atoms with van der Waals surface area (Å²) >= 11 is 0. The number of ether oxygens (including phenoxy) is 2. The molecule has 0 unspecified atom stereocenters. The number of hydrogen-bond donors (Lipinski definition) is 2. The van der Waals surface area contributed by atoms with Gasteiger partial charge in [0, 0.05) is 30.9 Å². The second-order valence-electron chi connectivity index (χ2n) is 8.85. The number of benzene rings is 3. The highest BCUT2D eigenvalue weighted by Gasteiger charge is 2.35. The van der Waals surface area contributed by atoms with Crippen LogP contribution in [0, 0.1) is 5.92 Å². The smallest absolute Gasteiger partial charge is 0.262 e. The van der Waals surface area contributed by atoms with E-state index in [0.717, 1.165) is 23.4 Å². The third-order valence-corrected chi connectivity index (χ3v) is 6.29. The maximum absolute atomic E-state index is 12.7. The van der Waals surface area contributed by atoms with Crippen molar-refractivity contribution in [2.24, 2.45) is 5.92 Å². The standard InChI is InChI=1S/C29H31N3O5/c1-3-20-4-8-23(9-5-20)31-27(33)19-37-26-14-10-24(11-15-26)32-18-22(16-28(32)34)29(35)30-17-21-6-12-25(36-2)13-7-21/h4-15,22H,3,16-19H2,1-2H3,(H,30,35)(H,31,33)/t22-/m1/s1. The summed E-state index contributed by atoms with van der Waals surface area (Å²) in [5.74, 6) is 0.335. The molecule has 0 bridgehead atoms. The van der Waals surface area contributed by atoms with E-state index in [1.165, 1.54) is 5.56 Å². The normalized spacial score (nSPS) is 14.8. The van der Waals surface area contributed by atoms with Crippen LogP contribution in [-0.2, 0) is 27.3 Å². The van der Waals surface area contributed by atoms with E-state index >= 15 is 0 Å². The molecule has 3 amide bonds. The van der Waals surface area contributed by atoms with E-state index < -0.39 is 5.92 Å². The van der Waals surface area contributed by atoms with Crippen LogP contribution in [0.25, 0.3) is 0 Å². The first-order chi connectivity index (χ1) is 17.9. The number of nitrogens with one attached hydrogen (secondary N) is 2. The maximum atomic E-state index is 12.7. The van der Waals surface area contributed by atoms with E-state index in [0.29, 0.717) is 24.5 Å². The quantitative estimate of drug-likeness (QED) is 0.439. The topological polar surface area (TPSA) is 97.0 Å². The lowest BCUT2D eigenvalue weighted by molar-refractivity contribution is -0.126. The van der Waals surface area contributed by atoms with Crippen molar-refractivity contribution in [2.45, 2.75) is 26.3 Å². The van der Waals surface area contributed by atoms with Gasteiger partial charge in [0.05, 0.1) is 13.0 Å². The summed E-state index contributed by atoms with van der Waals surface area (Å²) in [6.45, 7) is 2.64. The van der Waals surface area contributed by atoms with Crippen molar-refractivity contribution < 1.29 is 23.9 Å². The minimum absolute atomic E-state index is 0.105. The molecule has 8 nitrogen and oxygen atoms in total. The Balaban J connectivity index is 1.25. The van der Waals surface area contributed by atoms with Gasteiger partial charge in [-0.2, -0.15) is 0 Å². The van der Waals surface area contributed by atoms with Crippen LogP contribution in [0.4, 0.5) is 11.4 Å². The van der Waals surface area contributed by atoms with Crippen LogP contribution in [0.5, 0.6) is 11.5 Å². The van der Waals surface area contributed by atoms with E-state index in [9.17, 15) is 14.4 Å². The zero-order valence-corrected chi connectivity index (χ0v) is 21.0. The Morgan fingerprint density at radius 1 is 0.919 bits per heavy atom. The summed E-state index contributed by atoms with van der Waals surface area (Å²) in [5.41, 5.74) is 3.56. The summed E-state index contributed by atoms with van der Waals surface area (Å²) in [6, 6.07) is 22.1. The first-order valence-electron chi connectivity index (χ1n) is 12.3. The van der Waals surface area contributed by atoms with E-state index in [4.69, 9.17) is 9.47 Å². The molecule has 3 aromatic carbocycles. The Kier molecular flexibility index (Phi) is 8.40. The van der Waals surface area contributed by atoms with Crippen LogP contribution in [-0.4, -0.2) is 38.0 Å². The molecule has 0 aromatic heterocycles. The van der Waals surface area contributed by atoms with E-state index in [2.05, 4.69) is 17.6 Å². The number of aryl methyl sites for hydroxylation is 1. The van der Waals surface area contributed by atoms with Crippen LogP contribution < -0.4 is 25.0 Å². The van der Waals surface area contributed by atoms with Crippen LogP contribution >= 0.6 is 0 Å². The summed E-state index contributed by atoms with van der Waals surface area (Å²) in [7, 11) is 1.60. The van der Waals surface area contributed by atoms with E-state index in [-0.39, 0.29) is 30.7 Å². The summed E-state index contributed by atoms with van der Waals surface area (Å²) in [4.78, 5) is 39.1. The molecule has 1 atom stereocenters. The van der Waals surface area contributed by atoms with Crippen LogP contribution in [0.2, 0.25) is 0 Å². The molecule has 192 valence electrons. The molecule has 3 aromatic rings. The van der Waals surface area contributed by atoms with Gasteiger partial charge in [-0.1, -0.05) is 31.2 Å². The van der Waals surface area contributed by atoms with Crippen molar-refractivity contribution >= 4 is 29.1 Å². The third-order valence-electron chi connectivity index (χ3n) is 6.29. The highest BCUT2D eigenvalue weighted by atomic mass is 16.5. The molecule has 1 fully saturated rings. The lowest BCUT2D eigenvalue weighted by atomic mass is 10.1. The number of carbonyl (C=O) groups excluding carboxylic acids is 3. The van der Waals surface area contributed by atoms with Gasteiger partial charge < -0.3 is 25.0 Å². The lowest BCUT2D eigenvalue weighted by Crippen LogP contribution is -2.32. The number of hydrogen-bond acceptors (Lipinski definition) is 5. The molecule has 8 heteroatoms. The average molecular weight is 502 g/mol. The largest absolute Gasteiger partial charge is 0.497 e. The van der Waals surface area contributed by atoms with Gasteiger partial charge >= 0.3 is 0 Å². The average Bonchev–Trinajstić information content (AvgIpc) is 3.33. The van der Waals surface area contributed by atoms with Gasteiger partial charge in [-0.25, -0.2) is 0 Å². The van der Waals surface area contributed by atoms with Crippen LogP contribution in [0.15, 0.2) is 72.8 Å². The van der Waals surface area contributed by atoms with Crippen molar-refractivity contribution in [3.63, 3.8) is 0 Å². The molecule has 1 saturated heterocycles. The monoisotopic (exact) mass is 501 g/mol. The second kappa shape index (κ2) is 12.1. The van der Waals surface area contributed by atoms with Gasteiger partial charge in [0.25, 0.3) is 5.91 Å². The second-order valence-corrected chi connectivity index (χ2v) is 8.85. The highest BCUT2D eigenvalue weighted by molar-refractivity contribution is 6.00. The van der Waals surface area contributed by atoms with Gasteiger partial charge in [0.2, 0.25) is 11.8 Å². The van der Waals surface area contributed by atoms with Gasteiger partial charge in [-0.15, -0.1) is 0 Å². The van der Waals surface area contributed by atoms with Crippen LogP contribution in [0.3, 0.4) is 0 Å². The fraction of sp³-hybridized carbons (Fsp3) is 0.276. The molecule has 37 heavy (non-hydrogen) atoms. The first kappa shape index (κ1) is 25.8. The zero-order valence-electron chi connectivity index (χ0n) is 21.0. The lowest BCUT2D eigenvalue weighted by Gasteiger charge is -2.17. The predicted octanol–water partition coefficient (Wildman–Crippen LogP) is 3.94. The van der Waals surface area contributed by atoms with Crippen molar-refractivity contribution in [3.05, 3.63) is 83.9 Å². The SMILES string of the molecule is CCc1ccc(NC(=O)COc2ccc(N3C[C@H](C(=O)NCc4ccc(OC)cc4)CC3=O)cc2)cc1. The molecular formula is C29H31N3O5. The number of anilines is 2. The number of nitrogens with zero attached hydrogens (tertiary/aromatic N) is 1. The fourth-order valence-electron chi connectivity index (χ4n) is 4.10. The summed E-state index contributed by atoms with van der Waals surface area (Å²) in [6.07, 6.45) is 1.10. The molecule has 1 aliphatic rings. The Morgan fingerprint density at radius 2 is 1.57 bits per heavy atom. The number of methoxy groups -OCH3 is 1. The van der Waals surface area contributed by atoms with E-state index in [1.807, 2.05) is 48.5 Å². The van der Waals surface area contributed by atoms with Crippen molar-refractivity contribution in [1.29, 1.82) is 0 Å². The molecule has 0 spiro atoms. The number of rotatable bonds is 10. The maximum Gasteiger partial charge on any atom is 0.262 e. The van der Waals surface area contributed by atoms with Crippen molar-refractivity contribution in [1.82, 2.24) is 5.32 Å². The Morgan fingerprint density at radius 3 is 2.22 bits per heavy atom. The number of carbonyl (C=O) groups is 3. The molecule has 1 heterocycles. The Labute approximate surface area is 216 Å².